The maximum absolute atomic E-state index is 13.0. The van der Waals surface area contributed by atoms with Crippen LogP contribution in [-0.4, -0.2) is 42.6 Å². The summed E-state index contributed by atoms with van der Waals surface area (Å²) in [5, 5.41) is 3.03. The lowest BCUT2D eigenvalue weighted by Crippen LogP contribution is -2.67. The minimum Gasteiger partial charge on any atom is -0.459 e. The second-order valence-electron chi connectivity index (χ2n) is 10.7. The molecule has 7 heteroatoms. The predicted octanol–water partition coefficient (Wildman–Crippen LogP) is 3.39. The van der Waals surface area contributed by atoms with Crippen LogP contribution < -0.4 is 11.1 Å². The van der Waals surface area contributed by atoms with Crippen molar-refractivity contribution in [1.82, 2.24) is 5.32 Å². The summed E-state index contributed by atoms with van der Waals surface area (Å²) in [4.78, 5) is 36.7. The fourth-order valence-corrected chi connectivity index (χ4v) is 6.53. The number of hydrogen-bond acceptors (Lipinski definition) is 6. The van der Waals surface area contributed by atoms with E-state index in [4.69, 9.17) is 15.2 Å². The van der Waals surface area contributed by atoms with Gasteiger partial charge in [-0.05, 0) is 62.0 Å². The molecule has 2 aliphatic carbocycles. The number of fused-ring (bicyclic) bond motifs is 1. The number of esters is 2. The van der Waals surface area contributed by atoms with Gasteiger partial charge >= 0.3 is 11.9 Å². The molecule has 1 amide bonds. The van der Waals surface area contributed by atoms with Gasteiger partial charge in [0, 0.05) is 5.92 Å². The van der Waals surface area contributed by atoms with Gasteiger partial charge in [0.2, 0.25) is 6.41 Å². The summed E-state index contributed by atoms with van der Waals surface area (Å²) in [6.45, 7) is 8.82. The van der Waals surface area contributed by atoms with Crippen molar-refractivity contribution in [2.24, 2.45) is 23.0 Å². The van der Waals surface area contributed by atoms with Crippen LogP contribution in [0.1, 0.15) is 45.1 Å². The number of hydrogen-bond donors (Lipinski definition) is 2. The van der Waals surface area contributed by atoms with E-state index >= 15 is 0 Å². The van der Waals surface area contributed by atoms with E-state index in [-0.39, 0.29) is 23.2 Å². The normalized spacial score (nSPS) is 32.9. The van der Waals surface area contributed by atoms with E-state index in [1.165, 1.54) is 0 Å². The van der Waals surface area contributed by atoms with Crippen LogP contribution in [0.25, 0.3) is 0 Å². The fourth-order valence-electron chi connectivity index (χ4n) is 6.53. The minimum absolute atomic E-state index is 0.00955. The lowest BCUT2D eigenvalue weighted by molar-refractivity contribution is -0.169. The fraction of sp³-hybridized carbons (Fsp3) is 0.483. The van der Waals surface area contributed by atoms with Crippen molar-refractivity contribution in [2.45, 2.75) is 63.6 Å². The standard InChI is InChI=1S/C29H36N2O5/c1-19-9-12-24-28(2,22(19)11-10-21-14-16-35-26(21)33)15-13-25(29(24,3)31-18-32)36-27(34)23(30)17-20-7-5-4-6-8-20/h4-8,10-11,14,18,22-25H,1,9,12-13,15-17,30H2,2-3H3,(H,31,32)/t22-,23+,24+,25-,28+,29+/m1/s1. The molecule has 1 aliphatic heterocycles. The number of amides is 1. The van der Waals surface area contributed by atoms with Gasteiger partial charge in [-0.2, -0.15) is 0 Å². The minimum atomic E-state index is -0.789. The van der Waals surface area contributed by atoms with Crippen LogP contribution in [0.4, 0.5) is 0 Å². The molecule has 4 rings (SSSR count). The monoisotopic (exact) mass is 492 g/mol. The second kappa shape index (κ2) is 10.4. The molecule has 0 radical (unpaired) electrons. The average molecular weight is 493 g/mol. The Labute approximate surface area is 212 Å². The van der Waals surface area contributed by atoms with Gasteiger partial charge in [0.1, 0.15) is 18.8 Å². The van der Waals surface area contributed by atoms with Crippen LogP contribution >= 0.6 is 0 Å². The van der Waals surface area contributed by atoms with Crippen molar-refractivity contribution in [3.05, 3.63) is 71.8 Å². The van der Waals surface area contributed by atoms with E-state index in [1.54, 1.807) is 6.08 Å². The Kier molecular flexibility index (Phi) is 7.50. The summed E-state index contributed by atoms with van der Waals surface area (Å²) in [5.74, 6) is -0.744. The zero-order valence-corrected chi connectivity index (χ0v) is 21.1. The molecule has 7 nitrogen and oxygen atoms in total. The van der Waals surface area contributed by atoms with Crippen LogP contribution in [0, 0.1) is 17.3 Å². The van der Waals surface area contributed by atoms with Crippen LogP contribution in [0.5, 0.6) is 0 Å². The first-order valence-electron chi connectivity index (χ1n) is 12.6. The summed E-state index contributed by atoms with van der Waals surface area (Å²) in [6, 6.07) is 8.81. The molecule has 0 aromatic heterocycles. The Morgan fingerprint density at radius 3 is 2.72 bits per heavy atom. The molecule has 3 N–H and O–H groups in total. The van der Waals surface area contributed by atoms with Gasteiger partial charge < -0.3 is 20.5 Å². The van der Waals surface area contributed by atoms with E-state index < -0.39 is 23.7 Å². The average Bonchev–Trinajstić information content (AvgIpc) is 3.26. The Balaban J connectivity index is 1.54. The third kappa shape index (κ3) is 4.89. The summed E-state index contributed by atoms with van der Waals surface area (Å²) in [6.07, 6.45) is 9.19. The molecule has 2 fully saturated rings. The first kappa shape index (κ1) is 25.9. The van der Waals surface area contributed by atoms with E-state index in [9.17, 15) is 14.4 Å². The quantitative estimate of drug-likeness (QED) is 0.327. The molecule has 192 valence electrons. The van der Waals surface area contributed by atoms with Crippen LogP contribution in [0.3, 0.4) is 0 Å². The first-order chi connectivity index (χ1) is 17.2. The van der Waals surface area contributed by atoms with E-state index in [1.807, 2.05) is 43.3 Å². The van der Waals surface area contributed by atoms with Crippen LogP contribution in [0.2, 0.25) is 0 Å². The first-order valence-corrected chi connectivity index (χ1v) is 12.6. The number of allylic oxidation sites excluding steroid dienone is 2. The largest absolute Gasteiger partial charge is 0.459 e. The van der Waals surface area contributed by atoms with Crippen molar-refractivity contribution in [3.8, 4) is 0 Å². The molecule has 0 bridgehead atoms. The lowest BCUT2D eigenvalue weighted by Gasteiger charge is -2.60. The van der Waals surface area contributed by atoms with Crippen molar-refractivity contribution in [1.29, 1.82) is 0 Å². The molecule has 1 aromatic carbocycles. The molecule has 2 saturated carbocycles. The number of ether oxygens (including phenoxy) is 2. The summed E-state index contributed by atoms with van der Waals surface area (Å²) >= 11 is 0. The predicted molar refractivity (Wildman–Crippen MR) is 136 cm³/mol. The number of nitrogens with two attached hydrogens (primary N) is 1. The number of cyclic esters (lactones) is 1. The Hall–Kier alpha value is -3.19. The highest BCUT2D eigenvalue weighted by atomic mass is 16.5. The van der Waals surface area contributed by atoms with Crippen LogP contribution in [0.15, 0.2) is 66.3 Å². The zero-order valence-electron chi connectivity index (χ0n) is 21.1. The molecule has 1 aromatic rings. The number of carbonyl (C=O) groups excluding carboxylic acids is 3. The summed E-state index contributed by atoms with van der Waals surface area (Å²) < 4.78 is 11.0. The molecule has 0 unspecified atom stereocenters. The van der Waals surface area contributed by atoms with Gasteiger partial charge in [-0.15, -0.1) is 0 Å². The van der Waals surface area contributed by atoms with Crippen molar-refractivity contribution >= 4 is 18.3 Å². The Morgan fingerprint density at radius 2 is 2.06 bits per heavy atom. The molecular formula is C29H36N2O5. The molecule has 3 aliphatic rings. The molecule has 36 heavy (non-hydrogen) atoms. The molecule has 1 heterocycles. The van der Waals surface area contributed by atoms with Gasteiger partial charge in [0.05, 0.1) is 11.1 Å². The summed E-state index contributed by atoms with van der Waals surface area (Å²) in [5.41, 5.74) is 7.82. The highest BCUT2D eigenvalue weighted by Crippen LogP contribution is 2.58. The third-order valence-corrected chi connectivity index (χ3v) is 8.49. The molecule has 6 atom stereocenters. The van der Waals surface area contributed by atoms with Gasteiger partial charge in [0.25, 0.3) is 0 Å². The maximum atomic E-state index is 13.0. The van der Waals surface area contributed by atoms with Gasteiger partial charge in [-0.1, -0.05) is 61.6 Å². The van der Waals surface area contributed by atoms with E-state index in [0.717, 1.165) is 30.4 Å². The zero-order chi connectivity index (χ0) is 25.9. The van der Waals surface area contributed by atoms with Crippen molar-refractivity contribution < 1.29 is 23.9 Å². The van der Waals surface area contributed by atoms with E-state index in [2.05, 4.69) is 24.9 Å². The second-order valence-corrected chi connectivity index (χ2v) is 10.7. The number of nitrogens with one attached hydrogen (secondary N) is 1. The highest BCUT2D eigenvalue weighted by Gasteiger charge is 2.59. The number of rotatable bonds is 8. The SMILES string of the molecule is C=C1CC[C@H]2[C@@](C)(CC[C@@H](OC(=O)[C@@H](N)Cc3ccccc3)[C@@]2(C)NC=O)[C@@H]1C=CC1=CCOC1=O. The molecule has 0 saturated heterocycles. The maximum Gasteiger partial charge on any atom is 0.338 e. The van der Waals surface area contributed by atoms with Gasteiger partial charge in [-0.25, -0.2) is 4.79 Å². The van der Waals surface area contributed by atoms with E-state index in [0.29, 0.717) is 31.4 Å². The summed E-state index contributed by atoms with van der Waals surface area (Å²) in [7, 11) is 0. The number of carbonyl (C=O) groups is 3. The van der Waals surface area contributed by atoms with Gasteiger partial charge in [-0.3, -0.25) is 9.59 Å². The Morgan fingerprint density at radius 1 is 1.31 bits per heavy atom. The van der Waals surface area contributed by atoms with Crippen LogP contribution in [-0.2, 0) is 30.3 Å². The van der Waals surface area contributed by atoms with Crippen molar-refractivity contribution in [2.75, 3.05) is 6.61 Å². The number of benzene rings is 1. The highest BCUT2D eigenvalue weighted by molar-refractivity contribution is 5.93. The van der Waals surface area contributed by atoms with Crippen molar-refractivity contribution in [3.63, 3.8) is 0 Å². The molecule has 0 spiro atoms. The lowest BCUT2D eigenvalue weighted by atomic mass is 9.48. The topological polar surface area (TPSA) is 108 Å². The molecular weight excluding hydrogens is 456 g/mol. The smallest absolute Gasteiger partial charge is 0.338 e. The Bertz CT molecular complexity index is 1080. The third-order valence-electron chi connectivity index (χ3n) is 8.49. The van der Waals surface area contributed by atoms with Gasteiger partial charge in [0.15, 0.2) is 0 Å².